The number of imidazole rings is 1. The first-order valence-electron chi connectivity index (χ1n) is 11.2. The normalized spacial score (nSPS) is 12.1. The van der Waals surface area contributed by atoms with Gasteiger partial charge in [0.1, 0.15) is 5.69 Å². The zero-order valence-electron chi connectivity index (χ0n) is 19.8. The van der Waals surface area contributed by atoms with E-state index in [1.807, 2.05) is 42.8 Å². The number of benzene rings is 1. The van der Waals surface area contributed by atoms with E-state index in [1.54, 1.807) is 6.33 Å². The molecular weight excluding hydrogens is 412 g/mol. The lowest BCUT2D eigenvalue weighted by Crippen LogP contribution is -2.25. The molecule has 0 aliphatic carbocycles. The third-order valence-corrected chi connectivity index (χ3v) is 5.96. The number of hydrogen-bond donors (Lipinski definition) is 1. The van der Waals surface area contributed by atoms with Crippen LogP contribution in [0.2, 0.25) is 0 Å². The zero-order chi connectivity index (χ0) is 23.5. The summed E-state index contributed by atoms with van der Waals surface area (Å²) in [5, 5.41) is 19.0. The largest absolute Gasteiger partial charge is 0.390 e. The molecule has 0 aliphatic heterocycles. The molecular formula is C26H30N6O. The van der Waals surface area contributed by atoms with Gasteiger partial charge in [-0.3, -0.25) is 0 Å². The molecule has 1 aromatic carbocycles. The van der Waals surface area contributed by atoms with Crippen LogP contribution in [0.1, 0.15) is 47.5 Å². The lowest BCUT2D eigenvalue weighted by Gasteiger charge is -2.29. The highest BCUT2D eigenvalue weighted by Crippen LogP contribution is 2.30. The standard InChI is InChI=1S/C26H30N6O/c1-6-24(20-9-7-17(2)8-10-20)31(5)26-18(3)13-22(29-30-26)21-11-12-25(23(15-33)28-21)32-14-19(4)27-16-32/h7-14,16,24,33H,6,15H2,1-5H3/t24-/m0/s1. The minimum Gasteiger partial charge on any atom is -0.390 e. The van der Waals surface area contributed by atoms with E-state index in [0.717, 1.165) is 29.2 Å². The average Bonchev–Trinajstić information content (AvgIpc) is 3.26. The summed E-state index contributed by atoms with van der Waals surface area (Å²) in [6.07, 6.45) is 4.58. The molecule has 4 aromatic rings. The molecule has 0 saturated carbocycles. The van der Waals surface area contributed by atoms with Crippen molar-refractivity contribution >= 4 is 5.82 Å². The van der Waals surface area contributed by atoms with Gasteiger partial charge in [-0.05, 0) is 56.5 Å². The highest BCUT2D eigenvalue weighted by molar-refractivity contribution is 5.60. The predicted molar refractivity (Wildman–Crippen MR) is 130 cm³/mol. The van der Waals surface area contributed by atoms with Gasteiger partial charge in [0, 0.05) is 13.2 Å². The monoisotopic (exact) mass is 442 g/mol. The molecule has 3 aromatic heterocycles. The molecule has 170 valence electrons. The molecule has 3 heterocycles. The third-order valence-electron chi connectivity index (χ3n) is 5.96. The minimum absolute atomic E-state index is 0.178. The van der Waals surface area contributed by atoms with E-state index in [1.165, 1.54) is 11.1 Å². The quantitative estimate of drug-likeness (QED) is 0.446. The van der Waals surface area contributed by atoms with Crippen molar-refractivity contribution in [3.8, 4) is 17.1 Å². The summed E-state index contributed by atoms with van der Waals surface area (Å²) >= 11 is 0. The Bertz CT molecular complexity index is 1250. The summed E-state index contributed by atoms with van der Waals surface area (Å²) in [6.45, 7) is 8.07. The molecule has 4 rings (SSSR count). The van der Waals surface area contributed by atoms with Crippen LogP contribution < -0.4 is 4.90 Å². The molecule has 0 bridgehead atoms. The Kier molecular flexibility index (Phi) is 6.51. The molecule has 0 amide bonds. The molecule has 0 spiro atoms. The van der Waals surface area contributed by atoms with Gasteiger partial charge in [0.25, 0.3) is 0 Å². The Morgan fingerprint density at radius 2 is 1.76 bits per heavy atom. The van der Waals surface area contributed by atoms with Crippen molar-refractivity contribution in [1.82, 2.24) is 24.7 Å². The van der Waals surface area contributed by atoms with Crippen molar-refractivity contribution in [2.45, 2.75) is 46.8 Å². The van der Waals surface area contributed by atoms with Gasteiger partial charge in [0.05, 0.1) is 41.7 Å². The fraction of sp³-hybridized carbons (Fsp3) is 0.308. The number of aliphatic hydroxyl groups excluding tert-OH is 1. The molecule has 0 saturated heterocycles. The zero-order valence-corrected chi connectivity index (χ0v) is 19.8. The van der Waals surface area contributed by atoms with Gasteiger partial charge in [-0.25, -0.2) is 9.97 Å². The fourth-order valence-electron chi connectivity index (χ4n) is 4.16. The highest BCUT2D eigenvalue weighted by atomic mass is 16.3. The second-order valence-corrected chi connectivity index (χ2v) is 8.42. The minimum atomic E-state index is -0.178. The van der Waals surface area contributed by atoms with Crippen LogP contribution in [0.4, 0.5) is 5.82 Å². The molecule has 7 nitrogen and oxygen atoms in total. The van der Waals surface area contributed by atoms with Crippen molar-refractivity contribution in [2.75, 3.05) is 11.9 Å². The highest BCUT2D eigenvalue weighted by Gasteiger charge is 2.20. The van der Waals surface area contributed by atoms with Gasteiger partial charge in [0.15, 0.2) is 5.82 Å². The van der Waals surface area contributed by atoms with Crippen LogP contribution in [-0.2, 0) is 6.61 Å². The molecule has 33 heavy (non-hydrogen) atoms. The number of aromatic nitrogens is 5. The number of anilines is 1. The summed E-state index contributed by atoms with van der Waals surface area (Å²) < 4.78 is 1.86. The average molecular weight is 443 g/mol. The lowest BCUT2D eigenvalue weighted by molar-refractivity contribution is 0.276. The second-order valence-electron chi connectivity index (χ2n) is 8.42. The first kappa shape index (κ1) is 22.6. The van der Waals surface area contributed by atoms with Crippen LogP contribution in [0, 0.1) is 20.8 Å². The van der Waals surface area contributed by atoms with Gasteiger partial charge < -0.3 is 14.6 Å². The molecule has 0 aliphatic rings. The summed E-state index contributed by atoms with van der Waals surface area (Å²) in [6, 6.07) is 14.7. The number of pyridine rings is 1. The Morgan fingerprint density at radius 3 is 2.36 bits per heavy atom. The molecule has 1 atom stereocenters. The number of hydrogen-bond acceptors (Lipinski definition) is 6. The second kappa shape index (κ2) is 9.50. The van der Waals surface area contributed by atoms with Crippen LogP contribution in [0.5, 0.6) is 0 Å². The molecule has 1 N–H and O–H groups in total. The number of aryl methyl sites for hydroxylation is 3. The van der Waals surface area contributed by atoms with Crippen molar-refractivity contribution in [3.05, 3.63) is 83.1 Å². The lowest BCUT2D eigenvalue weighted by atomic mass is 10.0. The van der Waals surface area contributed by atoms with Gasteiger partial charge in [-0.2, -0.15) is 0 Å². The Balaban J connectivity index is 1.64. The maximum atomic E-state index is 9.90. The Morgan fingerprint density at radius 1 is 1.00 bits per heavy atom. The number of aliphatic hydroxyl groups is 1. The third kappa shape index (κ3) is 4.64. The van der Waals surface area contributed by atoms with Crippen LogP contribution in [0.25, 0.3) is 17.1 Å². The van der Waals surface area contributed by atoms with Gasteiger partial charge in [-0.1, -0.05) is 36.8 Å². The summed E-state index contributed by atoms with van der Waals surface area (Å²) in [4.78, 5) is 11.1. The van der Waals surface area contributed by atoms with E-state index < -0.39 is 0 Å². The molecule has 0 fully saturated rings. The SMILES string of the molecule is CC[C@@H](c1ccc(C)cc1)N(C)c1nnc(-c2ccc(-n3cnc(C)c3)c(CO)n2)cc1C. The van der Waals surface area contributed by atoms with Crippen molar-refractivity contribution in [3.63, 3.8) is 0 Å². The van der Waals surface area contributed by atoms with Gasteiger partial charge in [-0.15, -0.1) is 10.2 Å². The first-order valence-corrected chi connectivity index (χ1v) is 11.2. The smallest absolute Gasteiger partial charge is 0.154 e. The molecule has 7 heteroatoms. The van der Waals surface area contributed by atoms with E-state index in [0.29, 0.717) is 17.1 Å². The van der Waals surface area contributed by atoms with Crippen LogP contribution >= 0.6 is 0 Å². The maximum absolute atomic E-state index is 9.90. The topological polar surface area (TPSA) is 80.0 Å². The van der Waals surface area contributed by atoms with Crippen molar-refractivity contribution in [2.24, 2.45) is 0 Å². The fourth-order valence-corrected chi connectivity index (χ4v) is 4.16. The van der Waals surface area contributed by atoms with Crippen LogP contribution in [0.3, 0.4) is 0 Å². The number of nitrogens with zero attached hydrogens (tertiary/aromatic N) is 6. The van der Waals surface area contributed by atoms with Crippen LogP contribution in [0.15, 0.2) is 55.0 Å². The van der Waals surface area contributed by atoms with Crippen molar-refractivity contribution < 1.29 is 5.11 Å². The predicted octanol–water partition coefficient (Wildman–Crippen LogP) is 4.73. The summed E-state index contributed by atoms with van der Waals surface area (Å²) in [5.41, 5.74) is 7.15. The summed E-state index contributed by atoms with van der Waals surface area (Å²) in [7, 11) is 2.06. The van der Waals surface area contributed by atoms with Crippen LogP contribution in [-0.4, -0.2) is 36.9 Å². The van der Waals surface area contributed by atoms with E-state index in [4.69, 9.17) is 0 Å². The summed E-state index contributed by atoms with van der Waals surface area (Å²) in [5.74, 6) is 0.846. The Hall–Kier alpha value is -3.58. The van der Waals surface area contributed by atoms with E-state index in [-0.39, 0.29) is 12.6 Å². The van der Waals surface area contributed by atoms with Crippen molar-refractivity contribution in [1.29, 1.82) is 0 Å². The molecule has 0 radical (unpaired) electrons. The van der Waals surface area contributed by atoms with E-state index >= 15 is 0 Å². The first-order chi connectivity index (χ1) is 15.9. The maximum Gasteiger partial charge on any atom is 0.154 e. The molecule has 0 unspecified atom stereocenters. The van der Waals surface area contributed by atoms with Gasteiger partial charge in [0.2, 0.25) is 0 Å². The Labute approximate surface area is 194 Å². The number of rotatable bonds is 7. The van der Waals surface area contributed by atoms with Gasteiger partial charge >= 0.3 is 0 Å². The van der Waals surface area contributed by atoms with E-state index in [9.17, 15) is 5.11 Å². The van der Waals surface area contributed by atoms with E-state index in [2.05, 4.69) is 70.2 Å².